The van der Waals surface area contributed by atoms with E-state index in [2.05, 4.69) is 46.5 Å². The zero-order valence-corrected chi connectivity index (χ0v) is 20.0. The molecular formula is C21H31IN6O2. The largest absolute Gasteiger partial charge is 0.450 e. The lowest BCUT2D eigenvalue weighted by Gasteiger charge is -2.35. The molecule has 9 heteroatoms. The highest BCUT2D eigenvalue weighted by Gasteiger charge is 2.23. The molecule has 0 unspecified atom stereocenters. The fourth-order valence-corrected chi connectivity index (χ4v) is 3.27. The van der Waals surface area contributed by atoms with Gasteiger partial charge in [0, 0.05) is 51.7 Å². The monoisotopic (exact) mass is 526 g/mol. The lowest BCUT2D eigenvalue weighted by molar-refractivity contribution is 0.0914. The van der Waals surface area contributed by atoms with Gasteiger partial charge < -0.3 is 19.9 Å². The van der Waals surface area contributed by atoms with Crippen molar-refractivity contribution in [2.75, 3.05) is 45.9 Å². The van der Waals surface area contributed by atoms with Crippen LogP contribution in [-0.2, 0) is 11.2 Å². The Kier molecular flexibility index (Phi) is 9.92. The predicted molar refractivity (Wildman–Crippen MR) is 129 cm³/mol. The third-order valence-corrected chi connectivity index (χ3v) is 4.81. The molecular weight excluding hydrogens is 495 g/mol. The Bertz CT molecular complexity index is 786. The lowest BCUT2D eigenvalue weighted by atomic mass is 10.1. The third-order valence-electron chi connectivity index (χ3n) is 4.81. The first-order valence-electron chi connectivity index (χ1n) is 10.2. The normalized spacial score (nSPS) is 14.3. The smallest absolute Gasteiger partial charge is 0.409 e. The molecule has 1 N–H and O–H groups in total. The lowest BCUT2D eigenvalue weighted by Crippen LogP contribution is -2.54. The summed E-state index contributed by atoms with van der Waals surface area (Å²) in [4.78, 5) is 20.6. The van der Waals surface area contributed by atoms with Crippen LogP contribution in [0.4, 0.5) is 4.79 Å². The zero-order chi connectivity index (χ0) is 20.5. The molecule has 1 aliphatic rings. The number of piperazine rings is 1. The van der Waals surface area contributed by atoms with Gasteiger partial charge in [0.1, 0.15) is 0 Å². The van der Waals surface area contributed by atoms with Crippen molar-refractivity contribution in [3.05, 3.63) is 48.3 Å². The Morgan fingerprint density at radius 1 is 1.13 bits per heavy atom. The predicted octanol–water partition coefficient (Wildman–Crippen LogP) is 2.77. The fourth-order valence-electron chi connectivity index (χ4n) is 3.27. The maximum Gasteiger partial charge on any atom is 0.409 e. The van der Waals surface area contributed by atoms with E-state index < -0.39 is 0 Å². The molecule has 0 saturated carbocycles. The van der Waals surface area contributed by atoms with Gasteiger partial charge in [-0.3, -0.25) is 4.99 Å². The standard InChI is InChI=1S/C21H30N6O2.HI/c1-3-22-20(25-14-16-26(17-15-25)21(28)29-4-2)23-12-10-18-6-8-19(9-7-18)27-13-5-11-24-27;/h5-9,11,13H,3-4,10,12,14-17H2,1-2H3,(H,22,23);1H. The number of carbonyl (C=O) groups excluding carboxylic acids is 1. The Morgan fingerprint density at radius 2 is 1.83 bits per heavy atom. The van der Waals surface area contributed by atoms with Gasteiger partial charge in [-0.05, 0) is 44.0 Å². The number of aliphatic imine (C=N–C) groups is 1. The van der Waals surface area contributed by atoms with Crippen molar-refractivity contribution in [3.63, 3.8) is 0 Å². The minimum absolute atomic E-state index is 0. The quantitative estimate of drug-likeness (QED) is 0.356. The minimum Gasteiger partial charge on any atom is -0.450 e. The third kappa shape index (κ3) is 6.61. The van der Waals surface area contributed by atoms with Crippen molar-refractivity contribution in [1.82, 2.24) is 24.9 Å². The number of ether oxygens (including phenoxy) is 1. The first kappa shape index (κ1) is 24.0. The molecule has 0 spiro atoms. The van der Waals surface area contributed by atoms with Crippen molar-refractivity contribution in [2.24, 2.45) is 4.99 Å². The molecule has 1 amide bonds. The number of hydrogen-bond donors (Lipinski definition) is 1. The fraction of sp³-hybridized carbons (Fsp3) is 0.476. The van der Waals surface area contributed by atoms with E-state index in [4.69, 9.17) is 9.73 Å². The molecule has 0 aliphatic carbocycles. The SMILES string of the molecule is CCNC(=NCCc1ccc(-n2cccn2)cc1)N1CCN(C(=O)OCC)CC1.I. The van der Waals surface area contributed by atoms with E-state index in [1.54, 1.807) is 11.1 Å². The van der Waals surface area contributed by atoms with E-state index >= 15 is 0 Å². The molecule has 8 nitrogen and oxygen atoms in total. The van der Waals surface area contributed by atoms with Crippen LogP contribution in [-0.4, -0.2) is 77.5 Å². The summed E-state index contributed by atoms with van der Waals surface area (Å²) in [5.74, 6) is 0.907. The van der Waals surface area contributed by atoms with Crippen molar-refractivity contribution in [2.45, 2.75) is 20.3 Å². The first-order valence-corrected chi connectivity index (χ1v) is 10.2. The number of carbonyl (C=O) groups is 1. The van der Waals surface area contributed by atoms with Crippen LogP contribution in [0, 0.1) is 0 Å². The van der Waals surface area contributed by atoms with Gasteiger partial charge in [-0.2, -0.15) is 5.10 Å². The van der Waals surface area contributed by atoms with Gasteiger partial charge in [-0.15, -0.1) is 24.0 Å². The van der Waals surface area contributed by atoms with Crippen LogP contribution in [0.1, 0.15) is 19.4 Å². The highest BCUT2D eigenvalue weighted by molar-refractivity contribution is 14.0. The van der Waals surface area contributed by atoms with Crippen LogP contribution < -0.4 is 5.32 Å². The number of nitrogens with zero attached hydrogens (tertiary/aromatic N) is 5. The first-order chi connectivity index (χ1) is 14.2. The van der Waals surface area contributed by atoms with E-state index in [1.807, 2.05) is 23.9 Å². The van der Waals surface area contributed by atoms with E-state index in [1.165, 1.54) is 5.56 Å². The summed E-state index contributed by atoms with van der Waals surface area (Å²) >= 11 is 0. The average Bonchev–Trinajstić information content (AvgIpc) is 3.29. The van der Waals surface area contributed by atoms with Gasteiger partial charge in [-0.25, -0.2) is 9.48 Å². The molecule has 30 heavy (non-hydrogen) atoms. The zero-order valence-electron chi connectivity index (χ0n) is 17.7. The minimum atomic E-state index is -0.229. The maximum absolute atomic E-state index is 11.9. The van der Waals surface area contributed by atoms with E-state index in [0.717, 1.165) is 37.7 Å². The Balaban J connectivity index is 0.00000320. The second kappa shape index (κ2) is 12.4. The summed E-state index contributed by atoms with van der Waals surface area (Å²) < 4.78 is 6.94. The number of guanidine groups is 1. The molecule has 1 fully saturated rings. The van der Waals surface area contributed by atoms with Crippen LogP contribution in [0.5, 0.6) is 0 Å². The summed E-state index contributed by atoms with van der Waals surface area (Å²) in [7, 11) is 0. The summed E-state index contributed by atoms with van der Waals surface area (Å²) in [5.41, 5.74) is 2.29. The van der Waals surface area contributed by atoms with Crippen molar-refractivity contribution in [1.29, 1.82) is 0 Å². The van der Waals surface area contributed by atoms with E-state index in [-0.39, 0.29) is 30.1 Å². The molecule has 0 bridgehead atoms. The second-order valence-corrected chi connectivity index (χ2v) is 6.78. The van der Waals surface area contributed by atoms with E-state index in [0.29, 0.717) is 26.2 Å². The molecule has 2 aromatic rings. The van der Waals surface area contributed by atoms with Gasteiger partial charge in [-0.1, -0.05) is 12.1 Å². The number of aromatic nitrogens is 2. The number of halogens is 1. The van der Waals surface area contributed by atoms with Gasteiger partial charge in [0.15, 0.2) is 5.96 Å². The second-order valence-electron chi connectivity index (χ2n) is 6.78. The number of benzene rings is 1. The van der Waals surface area contributed by atoms with Gasteiger partial charge in [0.05, 0.1) is 12.3 Å². The van der Waals surface area contributed by atoms with Crippen LogP contribution in [0.2, 0.25) is 0 Å². The molecule has 3 rings (SSSR count). The van der Waals surface area contributed by atoms with Gasteiger partial charge >= 0.3 is 6.09 Å². The summed E-state index contributed by atoms with van der Waals surface area (Å²) in [6.45, 7) is 8.64. The molecule has 1 aromatic carbocycles. The Morgan fingerprint density at radius 3 is 2.43 bits per heavy atom. The number of rotatable bonds is 6. The van der Waals surface area contributed by atoms with Crippen molar-refractivity contribution >= 4 is 36.0 Å². The Labute approximate surface area is 195 Å². The highest BCUT2D eigenvalue weighted by Crippen LogP contribution is 2.10. The van der Waals surface area contributed by atoms with Gasteiger partial charge in [0.25, 0.3) is 0 Å². The topological polar surface area (TPSA) is 75.0 Å². The summed E-state index contributed by atoms with van der Waals surface area (Å²) in [5, 5.41) is 7.61. The van der Waals surface area contributed by atoms with E-state index in [9.17, 15) is 4.79 Å². The number of amides is 1. The highest BCUT2D eigenvalue weighted by atomic mass is 127. The molecule has 0 atom stereocenters. The number of hydrogen-bond acceptors (Lipinski definition) is 4. The van der Waals surface area contributed by atoms with Gasteiger partial charge in [0.2, 0.25) is 0 Å². The molecule has 2 heterocycles. The summed E-state index contributed by atoms with van der Waals surface area (Å²) in [6, 6.07) is 10.3. The number of nitrogens with one attached hydrogen (secondary N) is 1. The molecule has 0 radical (unpaired) electrons. The van der Waals surface area contributed by atoms with Crippen molar-refractivity contribution in [3.8, 4) is 5.69 Å². The average molecular weight is 526 g/mol. The maximum atomic E-state index is 11.9. The van der Waals surface area contributed by atoms with Crippen LogP contribution in [0.25, 0.3) is 5.69 Å². The summed E-state index contributed by atoms with van der Waals surface area (Å²) in [6.07, 6.45) is 4.35. The van der Waals surface area contributed by atoms with Crippen LogP contribution in [0.3, 0.4) is 0 Å². The molecule has 1 saturated heterocycles. The molecule has 164 valence electrons. The van der Waals surface area contributed by atoms with Crippen molar-refractivity contribution < 1.29 is 9.53 Å². The molecule has 1 aliphatic heterocycles. The van der Waals surface area contributed by atoms with Crippen LogP contribution in [0.15, 0.2) is 47.7 Å². The Hall–Kier alpha value is -2.30. The molecule has 1 aromatic heterocycles. The van der Waals surface area contributed by atoms with Crippen LogP contribution >= 0.6 is 24.0 Å².